The summed E-state index contributed by atoms with van der Waals surface area (Å²) in [6, 6.07) is 17.1. The summed E-state index contributed by atoms with van der Waals surface area (Å²) >= 11 is 0. The number of nitrogens with zero attached hydrogens (tertiary/aromatic N) is 3. The van der Waals surface area contributed by atoms with E-state index < -0.39 is 4.92 Å². The van der Waals surface area contributed by atoms with Gasteiger partial charge in [-0.1, -0.05) is 30.3 Å². The van der Waals surface area contributed by atoms with Crippen molar-refractivity contribution in [1.82, 2.24) is 15.1 Å². The summed E-state index contributed by atoms with van der Waals surface area (Å²) in [5.41, 5.74) is 0.798. The van der Waals surface area contributed by atoms with Crippen molar-refractivity contribution < 1.29 is 18.9 Å². The first kappa shape index (κ1) is 21.1. The number of nitrogens with one attached hydrogen (secondary N) is 1. The quantitative estimate of drug-likeness (QED) is 0.329. The fraction of sp³-hybridized carbons (Fsp3) is 0.217. The monoisotopic (exact) mass is 434 g/mol. The molecule has 0 aliphatic carbocycles. The summed E-state index contributed by atoms with van der Waals surface area (Å²) in [4.78, 5) is 23.0. The molecule has 164 valence electrons. The zero-order valence-electron chi connectivity index (χ0n) is 17.7. The van der Waals surface area contributed by atoms with Crippen LogP contribution in [0.15, 0.2) is 59.0 Å². The van der Waals surface area contributed by atoms with Gasteiger partial charge in [0.15, 0.2) is 5.76 Å². The van der Waals surface area contributed by atoms with E-state index in [-0.39, 0.29) is 30.5 Å². The largest absolute Gasteiger partial charge is 0.486 e. The molecule has 0 saturated carbocycles. The molecule has 0 fully saturated rings. The second-order valence-electron chi connectivity index (χ2n) is 7.32. The number of aryl methyl sites for hydroxylation is 1. The van der Waals surface area contributed by atoms with Gasteiger partial charge in [-0.25, -0.2) is 0 Å². The van der Waals surface area contributed by atoms with Crippen LogP contribution in [0.2, 0.25) is 0 Å². The van der Waals surface area contributed by atoms with Gasteiger partial charge in [0, 0.05) is 6.54 Å². The van der Waals surface area contributed by atoms with Crippen molar-refractivity contribution in [3.63, 3.8) is 0 Å². The molecule has 0 bridgehead atoms. The molecule has 0 atom stereocenters. The van der Waals surface area contributed by atoms with Crippen LogP contribution in [0.1, 0.15) is 27.7 Å². The maximum atomic E-state index is 12.4. The lowest BCUT2D eigenvalue weighted by Crippen LogP contribution is -2.27. The SMILES string of the molecule is Cc1nn(CCNC(=O)c2ccc(COc3ccc4ccccc4c3)o2)c(C)c1[N+](=O)[O-]. The van der Waals surface area contributed by atoms with Gasteiger partial charge in [0.25, 0.3) is 5.91 Å². The van der Waals surface area contributed by atoms with Crippen LogP contribution >= 0.6 is 0 Å². The van der Waals surface area contributed by atoms with E-state index in [0.29, 0.717) is 29.4 Å². The van der Waals surface area contributed by atoms with Gasteiger partial charge in [-0.15, -0.1) is 0 Å². The third kappa shape index (κ3) is 4.46. The molecule has 0 radical (unpaired) electrons. The molecule has 0 aliphatic heterocycles. The third-order valence-corrected chi connectivity index (χ3v) is 5.12. The Morgan fingerprint density at radius 2 is 1.94 bits per heavy atom. The van der Waals surface area contributed by atoms with E-state index in [1.807, 2.05) is 42.5 Å². The molecule has 0 saturated heterocycles. The Hall–Kier alpha value is -4.14. The third-order valence-electron chi connectivity index (χ3n) is 5.12. The highest BCUT2D eigenvalue weighted by Crippen LogP contribution is 2.22. The van der Waals surface area contributed by atoms with Crippen LogP contribution in [-0.2, 0) is 13.2 Å². The molecule has 4 rings (SSSR count). The Kier molecular flexibility index (Phi) is 5.89. The van der Waals surface area contributed by atoms with Crippen LogP contribution in [-0.4, -0.2) is 27.2 Å². The van der Waals surface area contributed by atoms with Gasteiger partial charge in [-0.05, 0) is 48.9 Å². The second-order valence-corrected chi connectivity index (χ2v) is 7.32. The minimum Gasteiger partial charge on any atom is -0.486 e. The number of hydrogen-bond donors (Lipinski definition) is 1. The smallest absolute Gasteiger partial charge is 0.312 e. The van der Waals surface area contributed by atoms with Gasteiger partial charge in [0.2, 0.25) is 0 Å². The lowest BCUT2D eigenvalue weighted by molar-refractivity contribution is -0.386. The van der Waals surface area contributed by atoms with Crippen LogP contribution in [0, 0.1) is 24.0 Å². The van der Waals surface area contributed by atoms with Gasteiger partial charge in [0.05, 0.1) is 11.5 Å². The van der Waals surface area contributed by atoms with Crippen molar-refractivity contribution in [2.24, 2.45) is 0 Å². The molecule has 1 amide bonds. The van der Waals surface area contributed by atoms with Crippen molar-refractivity contribution >= 4 is 22.4 Å². The highest BCUT2D eigenvalue weighted by Gasteiger charge is 2.21. The number of benzene rings is 2. The average Bonchev–Trinajstić information content (AvgIpc) is 3.36. The Labute approximate surface area is 183 Å². The van der Waals surface area contributed by atoms with Crippen molar-refractivity contribution in [3.8, 4) is 5.75 Å². The summed E-state index contributed by atoms with van der Waals surface area (Å²) in [5, 5.41) is 20.2. The van der Waals surface area contributed by atoms with Crippen LogP contribution in [0.4, 0.5) is 5.69 Å². The molecule has 4 aromatic rings. The van der Waals surface area contributed by atoms with E-state index in [2.05, 4.69) is 10.4 Å². The van der Waals surface area contributed by atoms with E-state index in [0.717, 1.165) is 10.8 Å². The maximum Gasteiger partial charge on any atom is 0.312 e. The molecule has 2 aromatic carbocycles. The van der Waals surface area contributed by atoms with Crippen molar-refractivity contribution in [2.45, 2.75) is 27.0 Å². The van der Waals surface area contributed by atoms with Crippen LogP contribution in [0.3, 0.4) is 0 Å². The zero-order chi connectivity index (χ0) is 22.7. The highest BCUT2D eigenvalue weighted by atomic mass is 16.6. The summed E-state index contributed by atoms with van der Waals surface area (Å²) in [5.74, 6) is 1.03. The Bertz CT molecular complexity index is 1290. The lowest BCUT2D eigenvalue weighted by Gasteiger charge is -2.06. The van der Waals surface area contributed by atoms with Crippen molar-refractivity contribution in [2.75, 3.05) is 6.54 Å². The fourth-order valence-electron chi connectivity index (χ4n) is 3.52. The van der Waals surface area contributed by atoms with E-state index in [9.17, 15) is 14.9 Å². The Balaban J connectivity index is 1.30. The van der Waals surface area contributed by atoms with Crippen LogP contribution < -0.4 is 10.1 Å². The molecule has 32 heavy (non-hydrogen) atoms. The van der Waals surface area contributed by atoms with Gasteiger partial charge < -0.3 is 14.5 Å². The molecule has 2 heterocycles. The van der Waals surface area contributed by atoms with Crippen LogP contribution in [0.25, 0.3) is 10.8 Å². The molecule has 0 spiro atoms. The number of hydrogen-bond acceptors (Lipinski definition) is 6. The Morgan fingerprint density at radius 1 is 1.16 bits per heavy atom. The number of rotatable bonds is 8. The molecular weight excluding hydrogens is 412 g/mol. The number of furan rings is 1. The first-order valence-corrected chi connectivity index (χ1v) is 10.1. The second kappa shape index (κ2) is 8.93. The number of carbonyl (C=O) groups excluding carboxylic acids is 1. The summed E-state index contributed by atoms with van der Waals surface area (Å²) in [6.45, 7) is 3.98. The van der Waals surface area contributed by atoms with Gasteiger partial charge >= 0.3 is 5.69 Å². The summed E-state index contributed by atoms with van der Waals surface area (Å²) in [6.07, 6.45) is 0. The number of aromatic nitrogens is 2. The lowest BCUT2D eigenvalue weighted by atomic mass is 10.1. The minimum atomic E-state index is -0.447. The van der Waals surface area contributed by atoms with Gasteiger partial charge in [-0.2, -0.15) is 5.10 Å². The number of nitro groups is 1. The van der Waals surface area contributed by atoms with Gasteiger partial charge in [0.1, 0.15) is 29.5 Å². The van der Waals surface area contributed by atoms with Crippen LogP contribution in [0.5, 0.6) is 5.75 Å². The van der Waals surface area contributed by atoms with Gasteiger partial charge in [-0.3, -0.25) is 19.6 Å². The minimum absolute atomic E-state index is 0.00147. The summed E-state index contributed by atoms with van der Waals surface area (Å²) in [7, 11) is 0. The van der Waals surface area contributed by atoms with E-state index in [1.54, 1.807) is 26.0 Å². The van der Waals surface area contributed by atoms with E-state index in [4.69, 9.17) is 9.15 Å². The normalized spacial score (nSPS) is 10.9. The number of fused-ring (bicyclic) bond motifs is 1. The average molecular weight is 434 g/mol. The van der Waals surface area contributed by atoms with E-state index in [1.165, 1.54) is 4.68 Å². The standard InChI is InChI=1S/C23H22N4O5/c1-15-22(27(29)30)16(2)26(25-15)12-11-24-23(28)21-10-9-20(32-21)14-31-19-8-7-17-5-3-4-6-18(17)13-19/h3-10,13H,11-12,14H2,1-2H3,(H,24,28). The Morgan fingerprint density at radius 3 is 2.69 bits per heavy atom. The predicted octanol–water partition coefficient (Wildman–Crippen LogP) is 4.16. The maximum absolute atomic E-state index is 12.4. The van der Waals surface area contributed by atoms with Crippen molar-refractivity contribution in [3.05, 3.63) is 87.6 Å². The highest BCUT2D eigenvalue weighted by molar-refractivity contribution is 5.91. The fourth-order valence-corrected chi connectivity index (χ4v) is 3.52. The van der Waals surface area contributed by atoms with E-state index >= 15 is 0 Å². The van der Waals surface area contributed by atoms with Crippen molar-refractivity contribution in [1.29, 1.82) is 0 Å². The first-order valence-electron chi connectivity index (χ1n) is 10.1. The molecule has 0 aliphatic rings. The molecule has 0 unspecified atom stereocenters. The predicted molar refractivity (Wildman–Crippen MR) is 118 cm³/mol. The molecule has 9 heteroatoms. The first-order chi connectivity index (χ1) is 15.4. The topological polar surface area (TPSA) is 112 Å². The molecule has 1 N–H and O–H groups in total. The number of carbonyl (C=O) groups is 1. The molecule has 2 aromatic heterocycles. The number of ether oxygens (including phenoxy) is 1. The molecular formula is C23H22N4O5. The number of amides is 1. The zero-order valence-corrected chi connectivity index (χ0v) is 17.7. The summed E-state index contributed by atoms with van der Waals surface area (Å²) < 4.78 is 12.9. The molecule has 9 nitrogen and oxygen atoms in total.